The van der Waals surface area contributed by atoms with Crippen LogP contribution in [-0.2, 0) is 4.79 Å². The first-order chi connectivity index (χ1) is 9.08. The van der Waals surface area contributed by atoms with E-state index in [2.05, 4.69) is 4.90 Å². The molecule has 0 spiro atoms. The van der Waals surface area contributed by atoms with E-state index in [1.807, 2.05) is 12.1 Å². The molecule has 5 heteroatoms. The number of carboxylic acids is 1. The Kier molecular flexibility index (Phi) is 4.04. The molecule has 1 aromatic rings. The smallest absolute Gasteiger partial charge is 0.303 e. The molecule has 3 N–H and O–H groups in total. The number of para-hydroxylation sites is 1. The molecule has 1 atom stereocenters. The lowest BCUT2D eigenvalue weighted by molar-refractivity contribution is -0.137. The second kappa shape index (κ2) is 5.73. The fraction of sp³-hybridized carbons (Fsp3) is 0.429. The van der Waals surface area contributed by atoms with E-state index >= 15 is 0 Å². The number of rotatable bonds is 5. The van der Waals surface area contributed by atoms with Gasteiger partial charge in [-0.05, 0) is 30.9 Å². The van der Waals surface area contributed by atoms with E-state index in [-0.39, 0.29) is 6.42 Å². The van der Waals surface area contributed by atoms with Crippen molar-refractivity contribution in [1.29, 1.82) is 0 Å². The van der Waals surface area contributed by atoms with Crippen molar-refractivity contribution < 1.29 is 14.7 Å². The molecule has 0 radical (unpaired) electrons. The van der Waals surface area contributed by atoms with Crippen LogP contribution in [0.3, 0.4) is 0 Å². The zero-order valence-corrected chi connectivity index (χ0v) is 10.7. The third-order valence-corrected chi connectivity index (χ3v) is 3.56. The summed E-state index contributed by atoms with van der Waals surface area (Å²) in [6.07, 6.45) is 1.85. The third-order valence-electron chi connectivity index (χ3n) is 3.56. The molecule has 2 rings (SSSR count). The number of aliphatic carboxylic acids is 1. The van der Waals surface area contributed by atoms with Gasteiger partial charge in [-0.15, -0.1) is 0 Å². The van der Waals surface area contributed by atoms with Gasteiger partial charge < -0.3 is 15.7 Å². The summed E-state index contributed by atoms with van der Waals surface area (Å²) in [6.45, 7) is 1.63. The molecule has 1 aliphatic heterocycles. The van der Waals surface area contributed by atoms with Crippen molar-refractivity contribution in [2.24, 2.45) is 11.7 Å². The minimum absolute atomic E-state index is 0.204. The normalized spacial score (nSPS) is 18.5. The van der Waals surface area contributed by atoms with Gasteiger partial charge in [-0.1, -0.05) is 12.1 Å². The second-order valence-electron chi connectivity index (χ2n) is 4.91. The second-order valence-corrected chi connectivity index (χ2v) is 4.91. The summed E-state index contributed by atoms with van der Waals surface area (Å²) in [4.78, 5) is 24.1. The number of anilines is 1. The maximum atomic E-state index is 11.4. The average molecular weight is 262 g/mol. The number of benzene rings is 1. The molecule has 1 heterocycles. The monoisotopic (exact) mass is 262 g/mol. The number of carbonyl (C=O) groups excluding carboxylic acids is 1. The lowest BCUT2D eigenvalue weighted by Crippen LogP contribution is -2.24. The van der Waals surface area contributed by atoms with Crippen LogP contribution < -0.4 is 10.6 Å². The van der Waals surface area contributed by atoms with E-state index in [0.717, 1.165) is 25.2 Å². The van der Waals surface area contributed by atoms with Gasteiger partial charge in [0.05, 0.1) is 5.56 Å². The Morgan fingerprint density at radius 3 is 2.79 bits per heavy atom. The van der Waals surface area contributed by atoms with Gasteiger partial charge in [0.25, 0.3) is 5.91 Å². The Labute approximate surface area is 112 Å². The molecule has 0 bridgehead atoms. The predicted octanol–water partition coefficient (Wildman–Crippen LogP) is 1.48. The van der Waals surface area contributed by atoms with Crippen LogP contribution in [0.4, 0.5) is 5.69 Å². The largest absolute Gasteiger partial charge is 0.481 e. The number of primary amides is 1. The number of amides is 1. The third kappa shape index (κ3) is 3.24. The average Bonchev–Trinajstić information content (AvgIpc) is 2.85. The van der Waals surface area contributed by atoms with Crippen LogP contribution in [0.25, 0.3) is 0 Å². The van der Waals surface area contributed by atoms with Gasteiger partial charge in [-0.2, -0.15) is 0 Å². The number of hydrogen-bond donors (Lipinski definition) is 2. The summed E-state index contributed by atoms with van der Waals surface area (Å²) in [6, 6.07) is 7.29. The van der Waals surface area contributed by atoms with Gasteiger partial charge in [0.2, 0.25) is 0 Å². The summed E-state index contributed by atoms with van der Waals surface area (Å²) < 4.78 is 0. The summed E-state index contributed by atoms with van der Waals surface area (Å²) in [5.41, 5.74) is 6.76. The van der Waals surface area contributed by atoms with E-state index in [1.165, 1.54) is 0 Å². The molecule has 1 aliphatic rings. The van der Waals surface area contributed by atoms with Crippen molar-refractivity contribution in [1.82, 2.24) is 0 Å². The van der Waals surface area contributed by atoms with Crippen LogP contribution >= 0.6 is 0 Å². The standard InChI is InChI=1S/C14H18N2O3/c15-14(19)11-3-1-2-4-12(11)16-8-7-10(9-16)5-6-13(17)18/h1-4,10H,5-9H2,(H2,15,19)(H,17,18). The lowest BCUT2D eigenvalue weighted by Gasteiger charge is -2.21. The minimum atomic E-state index is -0.754. The first kappa shape index (κ1) is 13.4. The SMILES string of the molecule is NC(=O)c1ccccc1N1CCC(CCC(=O)O)C1. The fourth-order valence-corrected chi connectivity index (χ4v) is 2.57. The Morgan fingerprint density at radius 1 is 1.37 bits per heavy atom. The highest BCUT2D eigenvalue weighted by Crippen LogP contribution is 2.28. The van der Waals surface area contributed by atoms with Crippen LogP contribution in [-0.4, -0.2) is 30.1 Å². The van der Waals surface area contributed by atoms with Crippen LogP contribution in [0.1, 0.15) is 29.6 Å². The molecule has 0 saturated carbocycles. The van der Waals surface area contributed by atoms with Gasteiger partial charge in [-0.3, -0.25) is 9.59 Å². The van der Waals surface area contributed by atoms with Gasteiger partial charge in [0.15, 0.2) is 0 Å². The summed E-state index contributed by atoms with van der Waals surface area (Å²) >= 11 is 0. The first-order valence-corrected chi connectivity index (χ1v) is 6.43. The molecular formula is C14H18N2O3. The van der Waals surface area contributed by atoms with Crippen molar-refractivity contribution in [2.75, 3.05) is 18.0 Å². The summed E-state index contributed by atoms with van der Waals surface area (Å²) in [5.74, 6) is -0.808. The number of carbonyl (C=O) groups is 2. The number of nitrogens with zero attached hydrogens (tertiary/aromatic N) is 1. The zero-order chi connectivity index (χ0) is 13.8. The zero-order valence-electron chi connectivity index (χ0n) is 10.7. The molecule has 0 aromatic heterocycles. The van der Waals surface area contributed by atoms with E-state index in [1.54, 1.807) is 12.1 Å². The summed E-state index contributed by atoms with van der Waals surface area (Å²) in [5, 5.41) is 8.70. The van der Waals surface area contributed by atoms with Crippen molar-refractivity contribution in [3.8, 4) is 0 Å². The van der Waals surface area contributed by atoms with Crippen molar-refractivity contribution in [3.05, 3.63) is 29.8 Å². The molecule has 1 unspecified atom stereocenters. The van der Waals surface area contributed by atoms with E-state index in [0.29, 0.717) is 17.9 Å². The highest BCUT2D eigenvalue weighted by molar-refractivity contribution is 5.98. The van der Waals surface area contributed by atoms with Crippen LogP contribution in [0, 0.1) is 5.92 Å². The molecule has 1 amide bonds. The van der Waals surface area contributed by atoms with Crippen molar-refractivity contribution >= 4 is 17.6 Å². The molecule has 1 aromatic carbocycles. The minimum Gasteiger partial charge on any atom is -0.481 e. The van der Waals surface area contributed by atoms with Gasteiger partial charge >= 0.3 is 5.97 Å². The summed E-state index contributed by atoms with van der Waals surface area (Å²) in [7, 11) is 0. The van der Waals surface area contributed by atoms with Gasteiger partial charge in [-0.25, -0.2) is 0 Å². The molecule has 19 heavy (non-hydrogen) atoms. The highest BCUT2D eigenvalue weighted by Gasteiger charge is 2.25. The van der Waals surface area contributed by atoms with Crippen LogP contribution in [0.2, 0.25) is 0 Å². The van der Waals surface area contributed by atoms with E-state index in [9.17, 15) is 9.59 Å². The Balaban J connectivity index is 2.04. The van der Waals surface area contributed by atoms with Crippen LogP contribution in [0.15, 0.2) is 24.3 Å². The topological polar surface area (TPSA) is 83.6 Å². The Bertz CT molecular complexity index is 487. The van der Waals surface area contributed by atoms with E-state index in [4.69, 9.17) is 10.8 Å². The number of carboxylic acid groups (broad SMARTS) is 1. The first-order valence-electron chi connectivity index (χ1n) is 6.43. The molecule has 0 aliphatic carbocycles. The molecular weight excluding hydrogens is 244 g/mol. The number of nitrogens with two attached hydrogens (primary N) is 1. The number of hydrogen-bond acceptors (Lipinski definition) is 3. The van der Waals surface area contributed by atoms with Crippen LogP contribution in [0.5, 0.6) is 0 Å². The fourth-order valence-electron chi connectivity index (χ4n) is 2.57. The molecule has 5 nitrogen and oxygen atoms in total. The van der Waals surface area contributed by atoms with Gasteiger partial charge in [0.1, 0.15) is 0 Å². The Morgan fingerprint density at radius 2 is 2.11 bits per heavy atom. The molecule has 1 saturated heterocycles. The predicted molar refractivity (Wildman–Crippen MR) is 72.1 cm³/mol. The quantitative estimate of drug-likeness (QED) is 0.841. The van der Waals surface area contributed by atoms with E-state index < -0.39 is 11.9 Å². The lowest BCUT2D eigenvalue weighted by atomic mass is 10.0. The maximum Gasteiger partial charge on any atom is 0.303 e. The molecule has 1 fully saturated rings. The highest BCUT2D eigenvalue weighted by atomic mass is 16.4. The van der Waals surface area contributed by atoms with Crippen molar-refractivity contribution in [2.45, 2.75) is 19.3 Å². The van der Waals surface area contributed by atoms with Gasteiger partial charge in [0, 0.05) is 25.2 Å². The maximum absolute atomic E-state index is 11.4. The Hall–Kier alpha value is -2.04. The molecule has 102 valence electrons. The van der Waals surface area contributed by atoms with Crippen molar-refractivity contribution in [3.63, 3.8) is 0 Å².